The van der Waals surface area contributed by atoms with Crippen molar-refractivity contribution in [1.29, 1.82) is 0 Å². The third-order valence-electron chi connectivity index (χ3n) is 3.44. The lowest BCUT2D eigenvalue weighted by molar-refractivity contribution is 1.31. The van der Waals surface area contributed by atoms with E-state index in [1.54, 1.807) is 0 Å². The number of hydrogen-bond acceptors (Lipinski definition) is 0. The first-order valence-electron chi connectivity index (χ1n) is 6.09. The van der Waals surface area contributed by atoms with E-state index in [0.29, 0.717) is 0 Å². The molecule has 0 aliphatic rings. The van der Waals surface area contributed by atoms with Crippen molar-refractivity contribution in [2.24, 2.45) is 0 Å². The summed E-state index contributed by atoms with van der Waals surface area (Å²) < 4.78 is 2.24. The molecule has 0 fully saturated rings. The number of nitrogens with zero attached hydrogens (tertiary/aromatic N) is 1. The van der Waals surface area contributed by atoms with Gasteiger partial charge in [0.1, 0.15) is 0 Å². The zero-order chi connectivity index (χ0) is 12.7. The van der Waals surface area contributed by atoms with Crippen LogP contribution in [0.3, 0.4) is 0 Å². The van der Waals surface area contributed by atoms with Crippen LogP contribution in [0.1, 0.15) is 13.8 Å². The molecule has 1 aromatic heterocycles. The molecule has 0 aliphatic heterocycles. The Balaban J connectivity index is 2.76. The minimum atomic E-state index is 1.28. The van der Waals surface area contributed by atoms with E-state index in [9.17, 15) is 0 Å². The van der Waals surface area contributed by atoms with Crippen molar-refractivity contribution >= 4 is 56.7 Å². The first-order valence-corrected chi connectivity index (χ1v) is 7.05. The molecule has 3 aromatic rings. The molecule has 0 bridgehead atoms. The highest BCUT2D eigenvalue weighted by Crippen LogP contribution is 2.23. The lowest BCUT2D eigenvalue weighted by Gasteiger charge is -2.00. The fraction of sp³-hybridized carbons (Fsp3) is 0.125. The molecular weight excluding hydrogens is 333 g/mol. The van der Waals surface area contributed by atoms with Gasteiger partial charge < -0.3 is 0 Å². The second-order valence-corrected chi connectivity index (χ2v) is 5.30. The van der Waals surface area contributed by atoms with Crippen molar-refractivity contribution in [3.63, 3.8) is 0 Å². The molecule has 0 unspecified atom stereocenters. The van der Waals surface area contributed by atoms with E-state index < -0.39 is 0 Å². The molecule has 1 heterocycles. The van der Waals surface area contributed by atoms with Crippen molar-refractivity contribution < 1.29 is 0 Å². The van der Waals surface area contributed by atoms with Crippen LogP contribution in [0.2, 0.25) is 0 Å². The van der Waals surface area contributed by atoms with Gasteiger partial charge in [-0.1, -0.05) is 42.5 Å². The van der Waals surface area contributed by atoms with Gasteiger partial charge in [0.05, 0.1) is 33.7 Å². The third-order valence-corrected chi connectivity index (χ3v) is 4.48. The number of hydrogen-bond donors (Lipinski definition) is 0. The smallest absolute Gasteiger partial charge is 0.0646 e. The lowest BCUT2D eigenvalue weighted by Crippen LogP contribution is -2.24. The minimum Gasteiger partial charge on any atom is -0.282 e. The summed E-state index contributed by atoms with van der Waals surface area (Å²) in [6, 6.07) is 13.0. The van der Waals surface area contributed by atoms with Crippen LogP contribution in [-0.4, -0.2) is 2.78 Å². The first-order chi connectivity index (χ1) is 8.77. The van der Waals surface area contributed by atoms with Gasteiger partial charge in [0.25, 0.3) is 0 Å². The Morgan fingerprint density at radius 3 is 2.50 bits per heavy atom. The zero-order valence-corrected chi connectivity index (χ0v) is 12.6. The average molecular weight is 347 g/mol. The molecule has 2 aromatic carbocycles. The van der Waals surface area contributed by atoms with Gasteiger partial charge in [0.15, 0.2) is 0 Å². The molecule has 0 N–H and O–H groups in total. The highest BCUT2D eigenvalue weighted by Gasteiger charge is 2.07. The van der Waals surface area contributed by atoms with Crippen molar-refractivity contribution in [2.45, 2.75) is 13.8 Å². The maximum Gasteiger partial charge on any atom is 0.0646 e. The molecule has 0 amide bonds. The Labute approximate surface area is 120 Å². The summed E-state index contributed by atoms with van der Waals surface area (Å²) in [4.78, 5) is 0. The second-order valence-electron chi connectivity index (χ2n) is 4.34. The van der Waals surface area contributed by atoms with Crippen molar-refractivity contribution in [1.82, 2.24) is 2.78 Å². The molecule has 3 rings (SSSR count). The molecule has 0 atom stereocenters. The molecule has 0 radical (unpaired) electrons. The van der Waals surface area contributed by atoms with Gasteiger partial charge in [0.2, 0.25) is 0 Å². The van der Waals surface area contributed by atoms with Crippen LogP contribution in [-0.2, 0) is 0 Å². The standard InChI is InChI=1S/C16H14IN/c1-3-12-14(4-2)18(17)15-10-9-11-7-5-6-8-13(11)16(12)15/h3-10H,1-2H3/b12-3+,14-4+. The van der Waals surface area contributed by atoms with Crippen LogP contribution in [0.5, 0.6) is 0 Å². The first kappa shape index (κ1) is 11.8. The van der Waals surface area contributed by atoms with Gasteiger partial charge in [-0.3, -0.25) is 2.78 Å². The summed E-state index contributed by atoms with van der Waals surface area (Å²) in [6.07, 6.45) is 4.38. The predicted octanol–water partition coefficient (Wildman–Crippen LogP) is 3.59. The van der Waals surface area contributed by atoms with E-state index in [1.165, 1.54) is 32.2 Å². The molecule has 2 heteroatoms. The van der Waals surface area contributed by atoms with Crippen molar-refractivity contribution in [3.8, 4) is 0 Å². The minimum absolute atomic E-state index is 1.28. The SMILES string of the molecule is C/C=c1\c(=C/C)n(I)c2ccc3ccccc3c12. The third kappa shape index (κ3) is 1.52. The summed E-state index contributed by atoms with van der Waals surface area (Å²) in [6.45, 7) is 4.21. The molecule has 0 spiro atoms. The maximum atomic E-state index is 2.38. The van der Waals surface area contributed by atoms with Crippen molar-refractivity contribution in [3.05, 3.63) is 47.0 Å². The van der Waals surface area contributed by atoms with Gasteiger partial charge >= 0.3 is 0 Å². The fourth-order valence-electron chi connectivity index (χ4n) is 2.63. The van der Waals surface area contributed by atoms with Gasteiger partial charge in [-0.15, -0.1) is 0 Å². The highest BCUT2D eigenvalue weighted by molar-refractivity contribution is 14.1. The van der Waals surface area contributed by atoms with Crippen LogP contribution in [0.25, 0.3) is 33.8 Å². The number of rotatable bonds is 0. The average Bonchev–Trinajstić information content (AvgIpc) is 2.71. The quantitative estimate of drug-likeness (QED) is 0.548. The molecule has 90 valence electrons. The Morgan fingerprint density at radius 2 is 1.78 bits per heavy atom. The van der Waals surface area contributed by atoms with Gasteiger partial charge in [-0.25, -0.2) is 0 Å². The summed E-state index contributed by atoms with van der Waals surface area (Å²) >= 11 is 2.38. The van der Waals surface area contributed by atoms with Crippen LogP contribution >= 0.6 is 22.9 Å². The summed E-state index contributed by atoms with van der Waals surface area (Å²) in [5.41, 5.74) is 1.29. The van der Waals surface area contributed by atoms with Crippen LogP contribution in [0.15, 0.2) is 36.4 Å². The molecule has 0 saturated carbocycles. The van der Waals surface area contributed by atoms with E-state index in [-0.39, 0.29) is 0 Å². The van der Waals surface area contributed by atoms with E-state index in [0.717, 1.165) is 0 Å². The Bertz CT molecular complexity index is 856. The zero-order valence-electron chi connectivity index (χ0n) is 10.4. The normalized spacial score (nSPS) is 13.9. The van der Waals surface area contributed by atoms with E-state index in [1.807, 2.05) is 0 Å². The van der Waals surface area contributed by atoms with Crippen LogP contribution < -0.4 is 10.6 Å². The Hall–Kier alpha value is -1.29. The largest absolute Gasteiger partial charge is 0.282 e. The molecular formula is C16H14IN. The topological polar surface area (TPSA) is 4.93 Å². The highest BCUT2D eigenvalue weighted by atomic mass is 127. The molecule has 18 heavy (non-hydrogen) atoms. The fourth-order valence-corrected chi connectivity index (χ4v) is 3.57. The summed E-state index contributed by atoms with van der Waals surface area (Å²) in [5, 5.41) is 6.61. The van der Waals surface area contributed by atoms with E-state index in [2.05, 4.69) is 88.0 Å². The van der Waals surface area contributed by atoms with Crippen LogP contribution in [0, 0.1) is 0 Å². The van der Waals surface area contributed by atoms with Crippen LogP contribution in [0.4, 0.5) is 0 Å². The number of benzene rings is 2. The lowest BCUT2D eigenvalue weighted by atomic mass is 10.1. The second kappa shape index (κ2) is 4.43. The Kier molecular flexibility index (Phi) is 2.90. The Morgan fingerprint density at radius 1 is 1.00 bits per heavy atom. The molecule has 1 nitrogen and oxygen atoms in total. The van der Waals surface area contributed by atoms with Crippen molar-refractivity contribution in [2.75, 3.05) is 0 Å². The number of fused-ring (bicyclic) bond motifs is 3. The number of aromatic nitrogens is 1. The predicted molar refractivity (Wildman–Crippen MR) is 88.4 cm³/mol. The maximum absolute atomic E-state index is 2.38. The van der Waals surface area contributed by atoms with E-state index >= 15 is 0 Å². The summed E-state index contributed by atoms with van der Waals surface area (Å²) in [5.74, 6) is 0. The molecule has 0 saturated heterocycles. The van der Waals surface area contributed by atoms with Gasteiger partial charge in [-0.05, 0) is 30.7 Å². The molecule has 0 aliphatic carbocycles. The van der Waals surface area contributed by atoms with Gasteiger partial charge in [0, 0.05) is 10.6 Å². The number of halogens is 1. The summed E-state index contributed by atoms with van der Waals surface area (Å²) in [7, 11) is 0. The van der Waals surface area contributed by atoms with Gasteiger partial charge in [-0.2, -0.15) is 0 Å². The monoisotopic (exact) mass is 347 g/mol. The van der Waals surface area contributed by atoms with E-state index in [4.69, 9.17) is 0 Å².